The molecule has 1 aromatic rings. The predicted molar refractivity (Wildman–Crippen MR) is 73.2 cm³/mol. The van der Waals surface area contributed by atoms with Crippen molar-refractivity contribution in [2.24, 2.45) is 0 Å². The molecule has 0 amide bonds. The quantitative estimate of drug-likeness (QED) is 0.806. The van der Waals surface area contributed by atoms with Crippen LogP contribution in [-0.4, -0.2) is 28.5 Å². The molecule has 0 spiro atoms. The van der Waals surface area contributed by atoms with Gasteiger partial charge in [0.1, 0.15) is 5.82 Å². The second kappa shape index (κ2) is 5.59. The zero-order valence-corrected chi connectivity index (χ0v) is 11.7. The molecule has 17 heavy (non-hydrogen) atoms. The van der Waals surface area contributed by atoms with E-state index in [1.807, 2.05) is 11.8 Å². The smallest absolute Gasteiger partial charge is 0.129 e. The van der Waals surface area contributed by atoms with Crippen molar-refractivity contribution in [1.82, 2.24) is 4.90 Å². The molecule has 94 valence electrons. The predicted octanol–water partition coefficient (Wildman–Crippen LogP) is 3.80. The molecule has 1 nitrogen and oxygen atoms in total. The van der Waals surface area contributed by atoms with E-state index >= 15 is 0 Å². The Morgan fingerprint density at radius 1 is 1.47 bits per heavy atom. The van der Waals surface area contributed by atoms with Gasteiger partial charge < -0.3 is 0 Å². The van der Waals surface area contributed by atoms with Crippen LogP contribution in [-0.2, 0) is 6.54 Å². The molecule has 1 saturated heterocycles. The lowest BCUT2D eigenvalue weighted by Gasteiger charge is -2.37. The van der Waals surface area contributed by atoms with Crippen molar-refractivity contribution in [2.75, 3.05) is 12.3 Å². The monoisotopic (exact) mass is 273 g/mol. The lowest BCUT2D eigenvalue weighted by atomic mass is 10.1. The van der Waals surface area contributed by atoms with Gasteiger partial charge in [0.05, 0.1) is 0 Å². The van der Waals surface area contributed by atoms with Gasteiger partial charge in [-0.2, -0.15) is 11.8 Å². The summed E-state index contributed by atoms with van der Waals surface area (Å²) in [6.45, 7) is 6.04. The average molecular weight is 274 g/mol. The zero-order valence-electron chi connectivity index (χ0n) is 10.1. The first kappa shape index (κ1) is 13.2. The Labute approximate surface area is 111 Å². The van der Waals surface area contributed by atoms with E-state index in [1.165, 1.54) is 6.07 Å². The van der Waals surface area contributed by atoms with Gasteiger partial charge in [0.15, 0.2) is 0 Å². The first-order valence-corrected chi connectivity index (χ1v) is 7.31. The van der Waals surface area contributed by atoms with E-state index in [0.717, 1.165) is 12.3 Å². The third-order valence-corrected chi connectivity index (χ3v) is 5.13. The Balaban J connectivity index is 2.15. The van der Waals surface area contributed by atoms with Crippen LogP contribution in [0.2, 0.25) is 5.02 Å². The summed E-state index contributed by atoms with van der Waals surface area (Å²) < 4.78 is 13.7. The van der Waals surface area contributed by atoms with E-state index in [2.05, 4.69) is 18.7 Å². The minimum absolute atomic E-state index is 0.199. The Morgan fingerprint density at radius 3 is 2.94 bits per heavy atom. The van der Waals surface area contributed by atoms with Crippen LogP contribution >= 0.6 is 23.4 Å². The molecular weight excluding hydrogens is 257 g/mol. The SMILES string of the molecule is CC1SCCN(Cc2c(F)cccc2Cl)C1C. The Bertz CT molecular complexity index is 379. The molecule has 1 fully saturated rings. The van der Waals surface area contributed by atoms with Gasteiger partial charge in [-0.25, -0.2) is 4.39 Å². The van der Waals surface area contributed by atoms with E-state index < -0.39 is 0 Å². The maximum atomic E-state index is 13.7. The summed E-state index contributed by atoms with van der Waals surface area (Å²) in [7, 11) is 0. The summed E-state index contributed by atoms with van der Waals surface area (Å²) in [6, 6.07) is 5.35. The van der Waals surface area contributed by atoms with Crippen molar-refractivity contribution < 1.29 is 4.39 Å². The number of hydrogen-bond donors (Lipinski definition) is 0. The molecule has 1 heterocycles. The lowest BCUT2D eigenvalue weighted by molar-refractivity contribution is 0.202. The van der Waals surface area contributed by atoms with Crippen LogP contribution < -0.4 is 0 Å². The second-order valence-corrected chi connectivity index (χ2v) is 6.38. The normalized spacial score (nSPS) is 26.1. The summed E-state index contributed by atoms with van der Waals surface area (Å²) >= 11 is 8.04. The summed E-state index contributed by atoms with van der Waals surface area (Å²) in [6.07, 6.45) is 0. The summed E-state index contributed by atoms with van der Waals surface area (Å²) in [5, 5.41) is 1.12. The zero-order chi connectivity index (χ0) is 12.4. The van der Waals surface area contributed by atoms with Gasteiger partial charge in [-0.05, 0) is 19.1 Å². The average Bonchev–Trinajstić information content (AvgIpc) is 2.29. The number of nitrogens with zero attached hydrogens (tertiary/aromatic N) is 1. The molecular formula is C13H17ClFNS. The van der Waals surface area contributed by atoms with Crippen LogP contribution in [0.5, 0.6) is 0 Å². The van der Waals surface area contributed by atoms with E-state index in [-0.39, 0.29) is 5.82 Å². The molecule has 0 aromatic heterocycles. The van der Waals surface area contributed by atoms with E-state index in [9.17, 15) is 4.39 Å². The number of thioether (sulfide) groups is 1. The van der Waals surface area contributed by atoms with Crippen LogP contribution in [0, 0.1) is 5.82 Å². The van der Waals surface area contributed by atoms with Crippen LogP contribution in [0.25, 0.3) is 0 Å². The minimum Gasteiger partial charge on any atom is -0.294 e. The topological polar surface area (TPSA) is 3.24 Å². The van der Waals surface area contributed by atoms with Gasteiger partial charge in [0, 0.05) is 40.7 Å². The van der Waals surface area contributed by atoms with E-state index in [1.54, 1.807) is 12.1 Å². The highest BCUT2D eigenvalue weighted by molar-refractivity contribution is 8.00. The Kier molecular flexibility index (Phi) is 4.34. The van der Waals surface area contributed by atoms with Crippen molar-refractivity contribution in [3.63, 3.8) is 0 Å². The molecule has 1 aliphatic heterocycles. The number of benzene rings is 1. The van der Waals surface area contributed by atoms with Crippen LogP contribution in [0.1, 0.15) is 19.4 Å². The molecule has 1 aromatic carbocycles. The third-order valence-electron chi connectivity index (χ3n) is 3.44. The molecule has 2 rings (SSSR count). The van der Waals surface area contributed by atoms with Crippen molar-refractivity contribution in [3.8, 4) is 0 Å². The summed E-state index contributed by atoms with van der Waals surface area (Å²) in [5.74, 6) is 0.910. The first-order valence-electron chi connectivity index (χ1n) is 5.88. The molecule has 0 aliphatic carbocycles. The fourth-order valence-corrected chi connectivity index (χ4v) is 3.49. The minimum atomic E-state index is -0.199. The summed E-state index contributed by atoms with van der Waals surface area (Å²) in [4.78, 5) is 2.31. The van der Waals surface area contributed by atoms with Crippen LogP contribution in [0.3, 0.4) is 0 Å². The fourth-order valence-electron chi connectivity index (χ4n) is 2.11. The lowest BCUT2D eigenvalue weighted by Crippen LogP contribution is -2.44. The number of hydrogen-bond acceptors (Lipinski definition) is 2. The van der Waals surface area contributed by atoms with Crippen molar-refractivity contribution in [3.05, 3.63) is 34.6 Å². The molecule has 0 bridgehead atoms. The van der Waals surface area contributed by atoms with Gasteiger partial charge in [-0.15, -0.1) is 0 Å². The molecule has 2 atom stereocenters. The highest BCUT2D eigenvalue weighted by atomic mass is 35.5. The van der Waals surface area contributed by atoms with E-state index in [0.29, 0.717) is 28.4 Å². The van der Waals surface area contributed by atoms with Crippen LogP contribution in [0.4, 0.5) is 4.39 Å². The third kappa shape index (κ3) is 2.95. The van der Waals surface area contributed by atoms with Crippen LogP contribution in [0.15, 0.2) is 18.2 Å². The van der Waals surface area contributed by atoms with Gasteiger partial charge in [0.2, 0.25) is 0 Å². The standard InChI is InChI=1S/C13H17ClFNS/c1-9-10(2)17-7-6-16(9)8-11-12(14)4-3-5-13(11)15/h3-5,9-10H,6-8H2,1-2H3. The van der Waals surface area contributed by atoms with Gasteiger partial charge >= 0.3 is 0 Å². The fraction of sp³-hybridized carbons (Fsp3) is 0.538. The number of halogens is 2. The van der Waals surface area contributed by atoms with Crippen molar-refractivity contribution >= 4 is 23.4 Å². The summed E-state index contributed by atoms with van der Waals surface area (Å²) in [5.41, 5.74) is 0.625. The molecule has 0 saturated carbocycles. The van der Waals surface area contributed by atoms with Gasteiger partial charge in [-0.1, -0.05) is 24.6 Å². The molecule has 0 radical (unpaired) electrons. The number of rotatable bonds is 2. The Hall–Kier alpha value is -0.250. The van der Waals surface area contributed by atoms with Gasteiger partial charge in [-0.3, -0.25) is 4.90 Å². The molecule has 2 unspecified atom stereocenters. The second-order valence-electron chi connectivity index (χ2n) is 4.49. The van der Waals surface area contributed by atoms with Gasteiger partial charge in [0.25, 0.3) is 0 Å². The first-order chi connectivity index (χ1) is 8.09. The highest BCUT2D eigenvalue weighted by Crippen LogP contribution is 2.28. The van der Waals surface area contributed by atoms with E-state index in [4.69, 9.17) is 11.6 Å². The molecule has 4 heteroatoms. The maximum absolute atomic E-state index is 13.7. The largest absolute Gasteiger partial charge is 0.294 e. The maximum Gasteiger partial charge on any atom is 0.129 e. The molecule has 1 aliphatic rings. The van der Waals surface area contributed by atoms with Crippen molar-refractivity contribution in [2.45, 2.75) is 31.7 Å². The Morgan fingerprint density at radius 2 is 2.24 bits per heavy atom. The van der Waals surface area contributed by atoms with Crippen molar-refractivity contribution in [1.29, 1.82) is 0 Å². The highest BCUT2D eigenvalue weighted by Gasteiger charge is 2.26. The molecule has 0 N–H and O–H groups in total.